The second-order valence-electron chi connectivity index (χ2n) is 18.9. The van der Waals surface area contributed by atoms with E-state index in [1.165, 1.54) is 180 Å². The molecule has 1 saturated heterocycles. The Labute approximate surface area is 396 Å². The number of hydrogen-bond donors (Lipinski definition) is 4. The van der Waals surface area contributed by atoms with Crippen LogP contribution >= 0.6 is 0 Å². The molecule has 4 N–H and O–H groups in total. The molecular weight excluding hydrogens is 849 g/mol. The lowest BCUT2D eigenvalue weighted by Gasteiger charge is -2.40. The van der Waals surface area contributed by atoms with Crippen molar-refractivity contribution in [3.63, 3.8) is 0 Å². The number of ether oxygens (including phenoxy) is 4. The predicted molar refractivity (Wildman–Crippen MR) is 261 cm³/mol. The number of esters is 2. The molecule has 384 valence electrons. The lowest BCUT2D eigenvalue weighted by Crippen LogP contribution is -2.60. The molecule has 1 aliphatic heterocycles. The molecule has 2 unspecified atom stereocenters. The smallest absolute Gasteiger partial charge is 0.306 e. The van der Waals surface area contributed by atoms with E-state index in [2.05, 4.69) is 26.0 Å². The number of rotatable bonds is 46. The van der Waals surface area contributed by atoms with Gasteiger partial charge in [0.2, 0.25) is 0 Å². The van der Waals surface area contributed by atoms with Crippen molar-refractivity contribution in [1.29, 1.82) is 0 Å². The Kier molecular flexibility index (Phi) is 40.1. The molecule has 1 rings (SSSR count). The van der Waals surface area contributed by atoms with E-state index in [1.54, 1.807) is 0 Å². The van der Waals surface area contributed by atoms with Gasteiger partial charge in [-0.1, -0.05) is 219 Å². The van der Waals surface area contributed by atoms with Gasteiger partial charge in [-0.05, 0) is 32.1 Å². The Bertz CT molecular complexity index is 1250. The highest BCUT2D eigenvalue weighted by atomic mass is 32.2. The van der Waals surface area contributed by atoms with Crippen LogP contribution in [0.1, 0.15) is 251 Å². The van der Waals surface area contributed by atoms with E-state index in [0.29, 0.717) is 12.8 Å². The van der Waals surface area contributed by atoms with Crippen molar-refractivity contribution in [2.75, 3.05) is 19.0 Å². The number of aliphatic hydroxyl groups excluding tert-OH is 3. The van der Waals surface area contributed by atoms with E-state index in [9.17, 15) is 37.9 Å². The first kappa shape index (κ1) is 61.4. The Morgan fingerprint density at radius 3 is 1.32 bits per heavy atom. The van der Waals surface area contributed by atoms with Crippen molar-refractivity contribution >= 4 is 22.1 Å². The van der Waals surface area contributed by atoms with Crippen molar-refractivity contribution in [3.05, 3.63) is 12.2 Å². The maximum atomic E-state index is 12.8. The van der Waals surface area contributed by atoms with Gasteiger partial charge in [0.05, 0.1) is 6.61 Å². The van der Waals surface area contributed by atoms with Crippen LogP contribution in [0.25, 0.3) is 0 Å². The lowest BCUT2D eigenvalue weighted by molar-refractivity contribution is -0.297. The van der Waals surface area contributed by atoms with Gasteiger partial charge in [0.1, 0.15) is 36.8 Å². The summed E-state index contributed by atoms with van der Waals surface area (Å²) in [5.41, 5.74) is 0. The Morgan fingerprint density at radius 1 is 0.508 bits per heavy atom. The number of hydrogen-bond acceptors (Lipinski definition) is 11. The van der Waals surface area contributed by atoms with Gasteiger partial charge in [-0.2, -0.15) is 8.42 Å². The molecule has 0 aromatic heterocycles. The summed E-state index contributed by atoms with van der Waals surface area (Å²) in [6.45, 7) is 3.78. The maximum absolute atomic E-state index is 12.8. The maximum Gasteiger partial charge on any atom is 0.306 e. The molecule has 0 amide bonds. The minimum Gasteiger partial charge on any atom is -0.462 e. The van der Waals surface area contributed by atoms with Crippen molar-refractivity contribution in [1.82, 2.24) is 0 Å². The normalized spacial score (nSPS) is 19.5. The monoisotopic (exact) mass is 947 g/mol. The van der Waals surface area contributed by atoms with Gasteiger partial charge in [-0.3, -0.25) is 14.1 Å². The third-order valence-corrected chi connectivity index (χ3v) is 13.3. The van der Waals surface area contributed by atoms with Gasteiger partial charge in [-0.25, -0.2) is 0 Å². The third kappa shape index (κ3) is 37.0. The van der Waals surface area contributed by atoms with Crippen LogP contribution in [0.3, 0.4) is 0 Å². The summed E-state index contributed by atoms with van der Waals surface area (Å²) in [7, 11) is -4.60. The summed E-state index contributed by atoms with van der Waals surface area (Å²) in [6.07, 6.45) is 38.4. The summed E-state index contributed by atoms with van der Waals surface area (Å²) in [4.78, 5) is 25.5. The molecule has 0 bridgehead atoms. The zero-order valence-corrected chi connectivity index (χ0v) is 42.2. The van der Waals surface area contributed by atoms with Crippen LogP contribution in [0.15, 0.2) is 12.2 Å². The molecule has 6 atom stereocenters. The zero-order chi connectivity index (χ0) is 47.6. The molecule has 65 heavy (non-hydrogen) atoms. The molecule has 0 spiro atoms. The van der Waals surface area contributed by atoms with Crippen LogP contribution in [0, 0.1) is 0 Å². The van der Waals surface area contributed by atoms with Gasteiger partial charge >= 0.3 is 11.9 Å². The number of carbonyl (C=O) groups is 2. The van der Waals surface area contributed by atoms with Crippen molar-refractivity contribution in [2.24, 2.45) is 0 Å². The molecule has 1 aliphatic rings. The average molecular weight is 947 g/mol. The molecule has 1 fully saturated rings. The summed E-state index contributed by atoms with van der Waals surface area (Å²) < 4.78 is 54.2. The quantitative estimate of drug-likeness (QED) is 0.0196. The fourth-order valence-corrected chi connectivity index (χ4v) is 9.14. The molecule has 0 radical (unpaired) electrons. The van der Waals surface area contributed by atoms with E-state index >= 15 is 0 Å². The zero-order valence-electron chi connectivity index (χ0n) is 41.4. The highest BCUT2D eigenvalue weighted by molar-refractivity contribution is 7.85. The van der Waals surface area contributed by atoms with Crippen LogP contribution in [0.4, 0.5) is 0 Å². The molecule has 0 aromatic rings. The second kappa shape index (κ2) is 42.5. The first-order chi connectivity index (χ1) is 31.5. The van der Waals surface area contributed by atoms with Gasteiger partial charge < -0.3 is 34.3 Å². The molecule has 0 saturated carbocycles. The minimum atomic E-state index is -4.60. The third-order valence-electron chi connectivity index (χ3n) is 12.6. The van der Waals surface area contributed by atoms with E-state index in [0.717, 1.165) is 32.1 Å². The fraction of sp³-hybridized carbons (Fsp3) is 0.923. The van der Waals surface area contributed by atoms with Crippen LogP contribution < -0.4 is 0 Å². The first-order valence-electron chi connectivity index (χ1n) is 26.7. The van der Waals surface area contributed by atoms with Gasteiger partial charge in [0.25, 0.3) is 10.1 Å². The van der Waals surface area contributed by atoms with Crippen molar-refractivity contribution < 1.29 is 56.8 Å². The number of carbonyl (C=O) groups excluding carboxylic acids is 2. The Morgan fingerprint density at radius 2 is 0.892 bits per heavy atom. The van der Waals surface area contributed by atoms with Gasteiger partial charge in [-0.15, -0.1) is 0 Å². The van der Waals surface area contributed by atoms with E-state index in [1.807, 2.05) is 0 Å². The standard InChI is InChI=1S/C52H98O12S/c1-3-5-7-9-11-13-15-17-19-20-21-22-23-24-25-26-27-29-30-32-34-36-38-40-47(53)61-42-45(43-62-52-51(57)50(56)49(55)46(64-52)44-65(58,59)60)63-48(54)41-39-37-35-33-31-28-18-16-14-12-10-8-6-4-2/h32,34,45-46,49-52,55-57H,3-31,33,35-44H2,1-2H3,(H,58,59,60)/b34-32+/t45-,46-,49-,50?,51?,52+/m1/s1. The number of unbranched alkanes of at least 4 members (excludes halogenated alkanes) is 32. The van der Waals surface area contributed by atoms with Crippen LogP contribution in [0.2, 0.25) is 0 Å². The van der Waals surface area contributed by atoms with E-state index in [-0.39, 0.29) is 19.4 Å². The van der Waals surface area contributed by atoms with Gasteiger partial charge in [0.15, 0.2) is 12.4 Å². The molecule has 0 aromatic carbocycles. The lowest BCUT2D eigenvalue weighted by atomic mass is 10.00. The second-order valence-corrected chi connectivity index (χ2v) is 20.4. The Balaban J connectivity index is 2.32. The molecule has 1 heterocycles. The number of allylic oxidation sites excluding steroid dienone is 2. The predicted octanol–water partition coefficient (Wildman–Crippen LogP) is 12.2. The summed E-state index contributed by atoms with van der Waals surface area (Å²) >= 11 is 0. The fourth-order valence-electron chi connectivity index (χ4n) is 8.45. The average Bonchev–Trinajstić information content (AvgIpc) is 3.27. The topological polar surface area (TPSA) is 186 Å². The van der Waals surface area contributed by atoms with E-state index < -0.39 is 71.2 Å². The Hall–Kier alpha value is -1.61. The molecule has 12 nitrogen and oxygen atoms in total. The molecule has 13 heteroatoms. The van der Waals surface area contributed by atoms with Crippen LogP contribution in [-0.4, -0.2) is 96.0 Å². The highest BCUT2D eigenvalue weighted by Crippen LogP contribution is 2.24. The van der Waals surface area contributed by atoms with Gasteiger partial charge in [0, 0.05) is 12.8 Å². The SMILES string of the molecule is CCCCCCCCCCCCCCCCCCCC/C=C/CCCC(=O)OC[C@H](CO[C@H]1O[C@H](CS(=O)(=O)O)[C@@H](O)C(O)C1O)OC(=O)CCCCCCCCCCCCCCCC. The number of aliphatic hydroxyl groups is 3. The van der Waals surface area contributed by atoms with Crippen LogP contribution in [-0.2, 0) is 38.7 Å². The first-order valence-corrected chi connectivity index (χ1v) is 28.4. The molecular formula is C52H98O12S. The summed E-state index contributed by atoms with van der Waals surface area (Å²) in [5.74, 6) is -2.00. The van der Waals surface area contributed by atoms with Crippen molar-refractivity contribution in [3.8, 4) is 0 Å². The van der Waals surface area contributed by atoms with Crippen LogP contribution in [0.5, 0.6) is 0 Å². The summed E-state index contributed by atoms with van der Waals surface area (Å²) in [5, 5.41) is 31.0. The largest absolute Gasteiger partial charge is 0.462 e. The highest BCUT2D eigenvalue weighted by Gasteiger charge is 2.46. The molecule has 0 aliphatic carbocycles. The summed E-state index contributed by atoms with van der Waals surface area (Å²) in [6, 6.07) is 0. The minimum absolute atomic E-state index is 0.165. The van der Waals surface area contributed by atoms with Crippen molar-refractivity contribution in [2.45, 2.75) is 288 Å². The van der Waals surface area contributed by atoms with E-state index in [4.69, 9.17) is 18.9 Å².